The lowest BCUT2D eigenvalue weighted by molar-refractivity contribution is -0.136. The molecule has 0 aliphatic heterocycles. The Kier molecular flexibility index (Phi) is 6.47. The molecule has 0 aliphatic rings. The Balaban J connectivity index is 2.13. The van der Waals surface area contributed by atoms with Crippen LogP contribution >= 0.6 is 34.4 Å². The molecule has 0 saturated heterocycles. The van der Waals surface area contributed by atoms with Gasteiger partial charge in [-0.1, -0.05) is 11.8 Å². The van der Waals surface area contributed by atoms with E-state index in [4.69, 9.17) is 9.84 Å². The van der Waals surface area contributed by atoms with Gasteiger partial charge >= 0.3 is 11.9 Å². The second kappa shape index (κ2) is 8.35. The Morgan fingerprint density at radius 1 is 1.13 bits per heavy atom. The number of carbonyl (C=O) groups excluding carboxylic acids is 1. The van der Waals surface area contributed by atoms with Crippen molar-refractivity contribution in [1.29, 1.82) is 0 Å². The molecule has 0 radical (unpaired) electrons. The maximum absolute atomic E-state index is 11.6. The molecule has 0 heterocycles. The number of carboxylic acids is 1. The fraction of sp³-hybridized carbons (Fsp3) is 0.176. The van der Waals surface area contributed by atoms with Crippen molar-refractivity contribution in [3.05, 3.63) is 57.2 Å². The highest BCUT2D eigenvalue weighted by atomic mass is 127. The zero-order valence-electron chi connectivity index (χ0n) is 12.4. The van der Waals surface area contributed by atoms with Crippen molar-refractivity contribution in [3.63, 3.8) is 0 Å². The molecular formula is C17H15IO4S. The molecule has 0 bridgehead atoms. The maximum Gasteiger partial charge on any atom is 0.338 e. The van der Waals surface area contributed by atoms with Gasteiger partial charge in [-0.05, 0) is 77.5 Å². The van der Waals surface area contributed by atoms with Crippen LogP contribution in [0.2, 0.25) is 0 Å². The van der Waals surface area contributed by atoms with Crippen molar-refractivity contribution in [2.75, 3.05) is 6.61 Å². The predicted molar refractivity (Wildman–Crippen MR) is 97.0 cm³/mol. The van der Waals surface area contributed by atoms with Crippen molar-refractivity contribution in [2.24, 2.45) is 0 Å². The number of hydrogen-bond acceptors (Lipinski definition) is 4. The van der Waals surface area contributed by atoms with E-state index in [9.17, 15) is 9.59 Å². The molecule has 4 nitrogen and oxygen atoms in total. The molecule has 0 spiro atoms. The van der Waals surface area contributed by atoms with E-state index in [1.807, 2.05) is 30.3 Å². The number of carbonyl (C=O) groups is 2. The summed E-state index contributed by atoms with van der Waals surface area (Å²) in [5.74, 6) is -1.18. The summed E-state index contributed by atoms with van der Waals surface area (Å²) in [4.78, 5) is 24.4. The van der Waals surface area contributed by atoms with E-state index in [0.717, 1.165) is 18.9 Å². The van der Waals surface area contributed by atoms with E-state index in [2.05, 4.69) is 22.6 Å². The molecule has 0 aromatic heterocycles. The van der Waals surface area contributed by atoms with Gasteiger partial charge < -0.3 is 9.84 Å². The van der Waals surface area contributed by atoms with Gasteiger partial charge in [0.2, 0.25) is 0 Å². The molecule has 1 N–H and O–H groups in total. The van der Waals surface area contributed by atoms with Crippen LogP contribution in [-0.2, 0) is 16.0 Å². The molecular weight excluding hydrogens is 427 g/mol. The summed E-state index contributed by atoms with van der Waals surface area (Å²) < 4.78 is 5.89. The monoisotopic (exact) mass is 442 g/mol. The van der Waals surface area contributed by atoms with Gasteiger partial charge in [-0.25, -0.2) is 4.79 Å². The number of ether oxygens (including phenoxy) is 1. The highest BCUT2D eigenvalue weighted by Gasteiger charge is 2.09. The lowest BCUT2D eigenvalue weighted by atomic mass is 10.1. The smallest absolute Gasteiger partial charge is 0.338 e. The van der Waals surface area contributed by atoms with Crippen LogP contribution in [0.3, 0.4) is 0 Å². The van der Waals surface area contributed by atoms with Crippen molar-refractivity contribution in [1.82, 2.24) is 0 Å². The molecule has 2 aromatic carbocycles. The number of carboxylic acid groups (broad SMARTS) is 1. The third kappa shape index (κ3) is 5.24. The van der Waals surface area contributed by atoms with E-state index < -0.39 is 5.97 Å². The minimum absolute atomic E-state index is 0.00840. The molecule has 6 heteroatoms. The molecule has 0 saturated carbocycles. The Bertz CT molecular complexity index is 713. The number of benzene rings is 2. The first-order valence-electron chi connectivity index (χ1n) is 6.95. The average Bonchev–Trinajstić information content (AvgIpc) is 2.51. The van der Waals surface area contributed by atoms with Crippen molar-refractivity contribution < 1.29 is 19.4 Å². The fourth-order valence-electron chi connectivity index (χ4n) is 1.92. The number of halogens is 1. The largest absolute Gasteiger partial charge is 0.481 e. The predicted octanol–water partition coefficient (Wildman–Crippen LogP) is 4.25. The Morgan fingerprint density at radius 2 is 1.78 bits per heavy atom. The first kappa shape index (κ1) is 17.8. The molecule has 120 valence electrons. The quantitative estimate of drug-likeness (QED) is 0.536. The highest BCUT2D eigenvalue weighted by Crippen LogP contribution is 2.30. The van der Waals surface area contributed by atoms with Gasteiger partial charge in [-0.3, -0.25) is 4.79 Å². The minimum Gasteiger partial charge on any atom is -0.481 e. The lowest BCUT2D eigenvalue weighted by Gasteiger charge is -2.07. The van der Waals surface area contributed by atoms with E-state index >= 15 is 0 Å². The van der Waals surface area contributed by atoms with E-state index in [1.165, 1.54) is 11.8 Å². The van der Waals surface area contributed by atoms with Crippen molar-refractivity contribution in [2.45, 2.75) is 23.1 Å². The first-order chi connectivity index (χ1) is 11.0. The number of esters is 1. The number of rotatable bonds is 6. The molecule has 0 amide bonds. The Hall–Kier alpha value is -1.54. The second-order valence-electron chi connectivity index (χ2n) is 4.67. The molecule has 0 aliphatic carbocycles. The molecule has 0 fully saturated rings. The van der Waals surface area contributed by atoms with E-state index in [0.29, 0.717) is 12.2 Å². The van der Waals surface area contributed by atoms with Gasteiger partial charge in [-0.2, -0.15) is 0 Å². The summed E-state index contributed by atoms with van der Waals surface area (Å²) in [6.45, 7) is 2.12. The number of aliphatic carboxylic acids is 1. The van der Waals surface area contributed by atoms with E-state index in [1.54, 1.807) is 19.1 Å². The third-order valence-electron chi connectivity index (χ3n) is 2.96. The molecule has 23 heavy (non-hydrogen) atoms. The summed E-state index contributed by atoms with van der Waals surface area (Å²) in [6, 6.07) is 12.9. The van der Waals surface area contributed by atoms with Gasteiger partial charge in [0.1, 0.15) is 0 Å². The summed E-state index contributed by atoms with van der Waals surface area (Å²) >= 11 is 3.66. The summed E-state index contributed by atoms with van der Waals surface area (Å²) in [7, 11) is 0. The second-order valence-corrected chi connectivity index (χ2v) is 6.98. The number of hydrogen-bond donors (Lipinski definition) is 1. The SMILES string of the molecule is CCOC(=O)c1ccc(Sc2ccc(I)c(CC(=O)O)c2)cc1. The zero-order chi connectivity index (χ0) is 16.8. The van der Waals surface area contributed by atoms with Gasteiger partial charge in [0.15, 0.2) is 0 Å². The first-order valence-corrected chi connectivity index (χ1v) is 8.84. The molecule has 2 rings (SSSR count). The van der Waals surface area contributed by atoms with Crippen LogP contribution in [0.5, 0.6) is 0 Å². The van der Waals surface area contributed by atoms with Gasteiger partial charge in [0.25, 0.3) is 0 Å². The standard InChI is InChI=1S/C17H15IO4S/c1-2-22-17(21)11-3-5-13(6-4-11)23-14-7-8-15(18)12(9-14)10-16(19)20/h3-9H,2,10H2,1H3,(H,19,20). The Labute approximate surface area is 152 Å². The summed E-state index contributed by atoms with van der Waals surface area (Å²) in [6.07, 6.45) is 0.00840. The zero-order valence-corrected chi connectivity index (χ0v) is 15.4. The lowest BCUT2D eigenvalue weighted by Crippen LogP contribution is -2.03. The van der Waals surface area contributed by atoms with Gasteiger partial charge in [-0.15, -0.1) is 0 Å². The molecule has 2 aromatic rings. The molecule has 0 unspecified atom stereocenters. The van der Waals surface area contributed by atoms with Gasteiger partial charge in [0.05, 0.1) is 18.6 Å². The normalized spacial score (nSPS) is 10.3. The topological polar surface area (TPSA) is 63.6 Å². The Morgan fingerprint density at radius 3 is 2.39 bits per heavy atom. The fourth-order valence-corrected chi connectivity index (χ4v) is 3.33. The summed E-state index contributed by atoms with van der Waals surface area (Å²) in [5, 5.41) is 8.94. The van der Waals surface area contributed by atoms with Crippen molar-refractivity contribution in [3.8, 4) is 0 Å². The van der Waals surface area contributed by atoms with Crippen LogP contribution < -0.4 is 0 Å². The van der Waals surface area contributed by atoms with Crippen LogP contribution in [0.1, 0.15) is 22.8 Å². The third-order valence-corrected chi connectivity index (χ3v) is 5.01. The van der Waals surface area contributed by atoms with Crippen LogP contribution in [0.4, 0.5) is 0 Å². The maximum atomic E-state index is 11.6. The van der Waals surface area contributed by atoms with Crippen LogP contribution in [0.25, 0.3) is 0 Å². The van der Waals surface area contributed by atoms with Crippen LogP contribution in [-0.4, -0.2) is 23.7 Å². The van der Waals surface area contributed by atoms with Gasteiger partial charge in [0, 0.05) is 13.4 Å². The van der Waals surface area contributed by atoms with E-state index in [-0.39, 0.29) is 12.4 Å². The molecule has 0 atom stereocenters. The summed E-state index contributed by atoms with van der Waals surface area (Å²) in [5.41, 5.74) is 1.32. The van der Waals surface area contributed by atoms with Crippen LogP contribution in [0.15, 0.2) is 52.3 Å². The highest BCUT2D eigenvalue weighted by molar-refractivity contribution is 14.1. The minimum atomic E-state index is -0.844. The average molecular weight is 442 g/mol. The van der Waals surface area contributed by atoms with Crippen molar-refractivity contribution >= 4 is 46.3 Å². The van der Waals surface area contributed by atoms with Crippen LogP contribution in [0, 0.1) is 3.57 Å².